The molecule has 1 aromatic carbocycles. The minimum Gasteiger partial charge on any atom is -0.493 e. The van der Waals surface area contributed by atoms with Crippen LogP contribution in [-0.2, 0) is 11.3 Å². The number of guanidine groups is 1. The van der Waals surface area contributed by atoms with E-state index in [1.807, 2.05) is 25.1 Å². The molecule has 6 heteroatoms. The molecule has 0 saturated heterocycles. The Morgan fingerprint density at radius 1 is 1.16 bits per heavy atom. The second-order valence-electron chi connectivity index (χ2n) is 5.98. The fourth-order valence-electron chi connectivity index (χ4n) is 2.06. The van der Waals surface area contributed by atoms with Crippen molar-refractivity contribution in [2.75, 3.05) is 32.9 Å². The molecule has 1 aromatic rings. The number of para-hydroxylation sites is 1. The number of halogens is 1. The first-order valence-electron chi connectivity index (χ1n) is 8.98. The lowest BCUT2D eigenvalue weighted by Gasteiger charge is -2.14. The number of rotatable bonds is 11. The molecule has 0 amide bonds. The molecule has 0 bridgehead atoms. The lowest BCUT2D eigenvalue weighted by Crippen LogP contribution is -2.38. The first-order chi connectivity index (χ1) is 11.7. The fraction of sp³-hybridized carbons (Fsp3) is 0.632. The van der Waals surface area contributed by atoms with Crippen LogP contribution in [0.25, 0.3) is 0 Å². The lowest BCUT2D eigenvalue weighted by molar-refractivity contribution is 0.145. The van der Waals surface area contributed by atoms with E-state index in [2.05, 4.69) is 42.5 Å². The molecule has 0 aliphatic heterocycles. The Kier molecular flexibility index (Phi) is 14.6. The van der Waals surface area contributed by atoms with E-state index in [-0.39, 0.29) is 24.0 Å². The molecule has 25 heavy (non-hydrogen) atoms. The zero-order valence-corrected chi connectivity index (χ0v) is 18.3. The molecule has 5 nitrogen and oxygen atoms in total. The van der Waals surface area contributed by atoms with E-state index in [0.29, 0.717) is 12.5 Å². The molecule has 2 N–H and O–H groups in total. The molecular weight excluding hydrogens is 429 g/mol. The van der Waals surface area contributed by atoms with Crippen molar-refractivity contribution in [3.8, 4) is 5.75 Å². The van der Waals surface area contributed by atoms with Crippen LogP contribution < -0.4 is 15.4 Å². The van der Waals surface area contributed by atoms with Crippen LogP contribution in [0.2, 0.25) is 0 Å². The highest BCUT2D eigenvalue weighted by Gasteiger charge is 2.04. The summed E-state index contributed by atoms with van der Waals surface area (Å²) in [5.41, 5.74) is 1.10. The normalized spacial score (nSPS) is 11.2. The van der Waals surface area contributed by atoms with Gasteiger partial charge in [-0.25, -0.2) is 4.99 Å². The largest absolute Gasteiger partial charge is 0.493 e. The third kappa shape index (κ3) is 11.3. The van der Waals surface area contributed by atoms with Gasteiger partial charge in [-0.3, -0.25) is 0 Å². The Morgan fingerprint density at radius 2 is 1.92 bits per heavy atom. The van der Waals surface area contributed by atoms with Gasteiger partial charge in [0.1, 0.15) is 5.75 Å². The molecule has 0 aromatic heterocycles. The van der Waals surface area contributed by atoms with Crippen LogP contribution in [0, 0.1) is 5.92 Å². The molecule has 0 atom stereocenters. The van der Waals surface area contributed by atoms with Crippen LogP contribution in [0.15, 0.2) is 29.3 Å². The molecular formula is C19H34IN3O2. The van der Waals surface area contributed by atoms with Crippen molar-refractivity contribution in [2.24, 2.45) is 10.9 Å². The predicted octanol–water partition coefficient (Wildman–Crippen LogP) is 3.82. The Balaban J connectivity index is 0.00000576. The molecule has 0 saturated carbocycles. The summed E-state index contributed by atoms with van der Waals surface area (Å²) in [6, 6.07) is 8.10. The zero-order chi connectivity index (χ0) is 17.6. The van der Waals surface area contributed by atoms with Crippen molar-refractivity contribution in [1.29, 1.82) is 0 Å². The smallest absolute Gasteiger partial charge is 0.191 e. The van der Waals surface area contributed by atoms with Crippen molar-refractivity contribution in [2.45, 2.75) is 40.7 Å². The number of nitrogens with zero attached hydrogens (tertiary/aromatic N) is 1. The quantitative estimate of drug-likeness (QED) is 0.227. The summed E-state index contributed by atoms with van der Waals surface area (Å²) in [6.07, 6.45) is 0.965. The van der Waals surface area contributed by atoms with E-state index in [4.69, 9.17) is 9.47 Å². The maximum atomic E-state index is 5.89. The van der Waals surface area contributed by atoms with E-state index in [0.717, 1.165) is 56.6 Å². The summed E-state index contributed by atoms with van der Waals surface area (Å²) < 4.78 is 11.2. The average Bonchev–Trinajstić information content (AvgIpc) is 2.58. The van der Waals surface area contributed by atoms with Gasteiger partial charge in [-0.1, -0.05) is 32.0 Å². The second kappa shape index (κ2) is 15.3. The molecule has 0 aliphatic rings. The lowest BCUT2D eigenvalue weighted by atomic mass is 10.2. The molecule has 0 spiro atoms. The molecule has 0 unspecified atom stereocenters. The maximum absolute atomic E-state index is 5.89. The average molecular weight is 463 g/mol. The van der Waals surface area contributed by atoms with Crippen molar-refractivity contribution in [1.82, 2.24) is 10.6 Å². The fourth-order valence-corrected chi connectivity index (χ4v) is 2.06. The van der Waals surface area contributed by atoms with Crippen LogP contribution in [-0.4, -0.2) is 38.9 Å². The van der Waals surface area contributed by atoms with Crippen LogP contribution >= 0.6 is 24.0 Å². The van der Waals surface area contributed by atoms with Crippen molar-refractivity contribution in [3.63, 3.8) is 0 Å². The van der Waals surface area contributed by atoms with Gasteiger partial charge >= 0.3 is 0 Å². The van der Waals surface area contributed by atoms with Crippen LogP contribution in [0.5, 0.6) is 5.75 Å². The monoisotopic (exact) mass is 463 g/mol. The Hall–Kier alpha value is -1.02. The van der Waals surface area contributed by atoms with E-state index in [1.54, 1.807) is 0 Å². The third-order valence-electron chi connectivity index (χ3n) is 3.26. The minimum atomic E-state index is 0. The predicted molar refractivity (Wildman–Crippen MR) is 116 cm³/mol. The molecule has 0 radical (unpaired) electrons. The topological polar surface area (TPSA) is 54.9 Å². The standard InChI is InChI=1S/C19H33N3O2.HI/c1-5-20-19(21-12-9-13-23-6-2)22-14-17-10-7-8-11-18(17)24-15-16(3)4;/h7-8,10-11,16H,5-6,9,12-15H2,1-4H3,(H2,20,21,22);1H. The Labute approximate surface area is 170 Å². The van der Waals surface area contributed by atoms with Crippen LogP contribution in [0.4, 0.5) is 0 Å². The van der Waals surface area contributed by atoms with Gasteiger partial charge in [0, 0.05) is 31.9 Å². The van der Waals surface area contributed by atoms with Gasteiger partial charge in [0.15, 0.2) is 5.96 Å². The second-order valence-corrected chi connectivity index (χ2v) is 5.98. The van der Waals surface area contributed by atoms with Crippen molar-refractivity contribution >= 4 is 29.9 Å². The first kappa shape index (κ1) is 24.0. The number of nitrogens with one attached hydrogen (secondary N) is 2. The molecule has 144 valence electrons. The number of aliphatic imine (C=N–C) groups is 1. The van der Waals surface area contributed by atoms with Gasteiger partial charge in [-0.15, -0.1) is 24.0 Å². The van der Waals surface area contributed by atoms with E-state index >= 15 is 0 Å². The van der Waals surface area contributed by atoms with Gasteiger partial charge in [-0.2, -0.15) is 0 Å². The molecule has 0 heterocycles. The summed E-state index contributed by atoms with van der Waals surface area (Å²) in [5, 5.41) is 6.61. The highest BCUT2D eigenvalue weighted by molar-refractivity contribution is 14.0. The highest BCUT2D eigenvalue weighted by Crippen LogP contribution is 2.19. The number of benzene rings is 1. The van der Waals surface area contributed by atoms with Crippen LogP contribution in [0.3, 0.4) is 0 Å². The number of ether oxygens (including phenoxy) is 2. The maximum Gasteiger partial charge on any atom is 0.191 e. The SMILES string of the molecule is CCNC(=NCc1ccccc1OCC(C)C)NCCCOCC.I. The summed E-state index contributed by atoms with van der Waals surface area (Å²) in [5.74, 6) is 2.25. The summed E-state index contributed by atoms with van der Waals surface area (Å²) in [7, 11) is 0. The number of hydrogen-bond acceptors (Lipinski definition) is 3. The Bertz CT molecular complexity index is 481. The van der Waals surface area contributed by atoms with Gasteiger partial charge in [0.2, 0.25) is 0 Å². The van der Waals surface area contributed by atoms with Crippen LogP contribution in [0.1, 0.15) is 39.7 Å². The molecule has 0 fully saturated rings. The molecule has 1 rings (SSSR count). The van der Waals surface area contributed by atoms with Gasteiger partial charge in [0.05, 0.1) is 13.2 Å². The highest BCUT2D eigenvalue weighted by atomic mass is 127. The zero-order valence-electron chi connectivity index (χ0n) is 16.0. The third-order valence-corrected chi connectivity index (χ3v) is 3.26. The number of hydrogen-bond donors (Lipinski definition) is 2. The summed E-state index contributed by atoms with van der Waals surface area (Å²) >= 11 is 0. The summed E-state index contributed by atoms with van der Waals surface area (Å²) in [6.45, 7) is 12.9. The van der Waals surface area contributed by atoms with Crippen molar-refractivity contribution in [3.05, 3.63) is 29.8 Å². The van der Waals surface area contributed by atoms with Gasteiger partial charge in [0.25, 0.3) is 0 Å². The van der Waals surface area contributed by atoms with E-state index in [9.17, 15) is 0 Å². The van der Waals surface area contributed by atoms with E-state index < -0.39 is 0 Å². The van der Waals surface area contributed by atoms with Crippen molar-refractivity contribution < 1.29 is 9.47 Å². The first-order valence-corrected chi connectivity index (χ1v) is 8.98. The van der Waals surface area contributed by atoms with Gasteiger partial charge in [-0.05, 0) is 32.3 Å². The van der Waals surface area contributed by atoms with Gasteiger partial charge < -0.3 is 20.1 Å². The van der Waals surface area contributed by atoms with E-state index in [1.165, 1.54) is 0 Å². The Morgan fingerprint density at radius 3 is 2.60 bits per heavy atom. The minimum absolute atomic E-state index is 0. The molecule has 0 aliphatic carbocycles. The summed E-state index contributed by atoms with van der Waals surface area (Å²) in [4.78, 5) is 4.66.